The third kappa shape index (κ3) is 3.57. The highest BCUT2D eigenvalue weighted by molar-refractivity contribution is 7.91. The molecule has 0 aliphatic heterocycles. The van der Waals surface area contributed by atoms with E-state index in [0.29, 0.717) is 12.8 Å². The van der Waals surface area contributed by atoms with Gasteiger partial charge in [-0.25, -0.2) is 12.8 Å². The number of halogens is 1. The predicted molar refractivity (Wildman–Crippen MR) is 59.4 cm³/mol. The van der Waals surface area contributed by atoms with Crippen molar-refractivity contribution in [3.8, 4) is 0 Å². The molecule has 5 heteroatoms. The third-order valence-corrected chi connectivity index (χ3v) is 4.03. The second-order valence-electron chi connectivity index (χ2n) is 3.74. The van der Waals surface area contributed by atoms with Crippen LogP contribution in [0.5, 0.6) is 0 Å². The number of hydrogen-bond donors (Lipinski definition) is 1. The number of rotatable bonds is 5. The lowest BCUT2D eigenvalue weighted by Crippen LogP contribution is -2.11. The summed E-state index contributed by atoms with van der Waals surface area (Å²) < 4.78 is 36.7. The van der Waals surface area contributed by atoms with E-state index in [1.165, 1.54) is 18.2 Å². The summed E-state index contributed by atoms with van der Waals surface area (Å²) in [6.45, 7) is 1.59. The normalized spacial score (nSPS) is 13.7. The zero-order valence-corrected chi connectivity index (χ0v) is 9.87. The molecule has 90 valence electrons. The van der Waals surface area contributed by atoms with E-state index in [-0.39, 0.29) is 10.6 Å². The van der Waals surface area contributed by atoms with Crippen LogP contribution in [-0.4, -0.2) is 25.4 Å². The fourth-order valence-corrected chi connectivity index (χ4v) is 2.79. The molecule has 0 saturated carbocycles. The number of hydrogen-bond acceptors (Lipinski definition) is 3. The minimum atomic E-state index is -3.57. The number of sulfone groups is 1. The topological polar surface area (TPSA) is 54.4 Å². The molecule has 1 aromatic rings. The fraction of sp³-hybridized carbons (Fsp3) is 0.455. The van der Waals surface area contributed by atoms with E-state index in [1.54, 1.807) is 6.92 Å². The maximum atomic E-state index is 13.2. The zero-order chi connectivity index (χ0) is 12.2. The molecule has 3 nitrogen and oxygen atoms in total. The Morgan fingerprint density at radius 1 is 1.38 bits per heavy atom. The molecular weight excluding hydrogens is 231 g/mol. The van der Waals surface area contributed by atoms with Crippen molar-refractivity contribution in [2.75, 3.05) is 5.75 Å². The standard InChI is InChI=1S/C11H15FO3S/c1-9(13)5-4-8-16(14,15)11-7-3-2-6-10(11)12/h2-3,6-7,9,13H,4-5,8H2,1H3. The van der Waals surface area contributed by atoms with Gasteiger partial charge in [0.1, 0.15) is 10.7 Å². The van der Waals surface area contributed by atoms with Crippen LogP contribution in [0.15, 0.2) is 29.2 Å². The molecule has 1 unspecified atom stereocenters. The number of aliphatic hydroxyl groups excluding tert-OH is 1. The summed E-state index contributed by atoms with van der Waals surface area (Å²) in [4.78, 5) is -0.263. The van der Waals surface area contributed by atoms with Crippen molar-refractivity contribution in [1.29, 1.82) is 0 Å². The molecular formula is C11H15FO3S. The Morgan fingerprint density at radius 3 is 2.56 bits per heavy atom. The van der Waals surface area contributed by atoms with Crippen LogP contribution < -0.4 is 0 Å². The Morgan fingerprint density at radius 2 is 2.00 bits per heavy atom. The quantitative estimate of drug-likeness (QED) is 0.861. The van der Waals surface area contributed by atoms with Gasteiger partial charge in [0.2, 0.25) is 0 Å². The summed E-state index contributed by atoms with van der Waals surface area (Å²) in [5, 5.41) is 9.01. The summed E-state index contributed by atoms with van der Waals surface area (Å²) >= 11 is 0. The highest BCUT2D eigenvalue weighted by atomic mass is 32.2. The van der Waals surface area contributed by atoms with Crippen LogP contribution in [0.25, 0.3) is 0 Å². The Balaban J connectivity index is 2.75. The van der Waals surface area contributed by atoms with E-state index in [1.807, 2.05) is 0 Å². The summed E-state index contributed by atoms with van der Waals surface area (Å²) in [6.07, 6.45) is 0.193. The molecule has 0 saturated heterocycles. The van der Waals surface area contributed by atoms with Crippen molar-refractivity contribution in [3.63, 3.8) is 0 Å². The van der Waals surface area contributed by atoms with Gasteiger partial charge in [-0.2, -0.15) is 0 Å². The molecule has 0 spiro atoms. The van der Waals surface area contributed by atoms with E-state index in [9.17, 15) is 12.8 Å². The van der Waals surface area contributed by atoms with Crippen molar-refractivity contribution in [1.82, 2.24) is 0 Å². The van der Waals surface area contributed by atoms with Crippen LogP contribution in [0.2, 0.25) is 0 Å². The van der Waals surface area contributed by atoms with E-state index in [2.05, 4.69) is 0 Å². The third-order valence-electron chi connectivity index (χ3n) is 2.21. The average molecular weight is 246 g/mol. The van der Waals surface area contributed by atoms with E-state index in [4.69, 9.17) is 5.11 Å². The van der Waals surface area contributed by atoms with Crippen LogP contribution in [-0.2, 0) is 9.84 Å². The Labute approximate surface area is 94.8 Å². The second-order valence-corrected chi connectivity index (χ2v) is 5.82. The molecule has 0 aliphatic carbocycles. The van der Waals surface area contributed by atoms with Crippen LogP contribution in [0.4, 0.5) is 4.39 Å². The summed E-state index contributed by atoms with van der Waals surface area (Å²) in [5.74, 6) is -0.863. The molecule has 0 aromatic heterocycles. The molecule has 1 rings (SSSR count). The molecule has 1 atom stereocenters. The Hall–Kier alpha value is -0.940. The summed E-state index contributed by atoms with van der Waals surface area (Å²) in [5.41, 5.74) is 0. The van der Waals surface area contributed by atoms with Gasteiger partial charge >= 0.3 is 0 Å². The van der Waals surface area contributed by atoms with Gasteiger partial charge in [-0.05, 0) is 31.9 Å². The minimum Gasteiger partial charge on any atom is -0.393 e. The molecule has 0 amide bonds. The lowest BCUT2D eigenvalue weighted by molar-refractivity contribution is 0.184. The fourth-order valence-electron chi connectivity index (χ4n) is 1.38. The van der Waals surface area contributed by atoms with Crippen molar-refractivity contribution in [3.05, 3.63) is 30.1 Å². The first-order valence-corrected chi connectivity index (χ1v) is 6.74. The Kier molecular flexibility index (Phi) is 4.44. The van der Waals surface area contributed by atoms with Gasteiger partial charge in [0.15, 0.2) is 9.84 Å². The minimum absolute atomic E-state index is 0.140. The molecule has 0 aliphatic rings. The second kappa shape index (κ2) is 5.41. The largest absolute Gasteiger partial charge is 0.393 e. The van der Waals surface area contributed by atoms with Gasteiger partial charge in [0, 0.05) is 0 Å². The first-order valence-electron chi connectivity index (χ1n) is 5.09. The zero-order valence-electron chi connectivity index (χ0n) is 9.06. The van der Waals surface area contributed by atoms with Gasteiger partial charge in [-0.15, -0.1) is 0 Å². The summed E-state index contributed by atoms with van der Waals surface area (Å²) in [7, 11) is -3.57. The van der Waals surface area contributed by atoms with E-state index in [0.717, 1.165) is 6.07 Å². The average Bonchev–Trinajstić information content (AvgIpc) is 2.17. The smallest absolute Gasteiger partial charge is 0.181 e. The monoisotopic (exact) mass is 246 g/mol. The first-order chi connectivity index (χ1) is 7.43. The Bertz CT molecular complexity index is 440. The number of aliphatic hydroxyl groups is 1. The first kappa shape index (κ1) is 13.1. The SMILES string of the molecule is CC(O)CCCS(=O)(=O)c1ccccc1F. The number of benzene rings is 1. The molecule has 0 fully saturated rings. The maximum Gasteiger partial charge on any atom is 0.181 e. The van der Waals surface area contributed by atoms with Crippen molar-refractivity contribution in [2.45, 2.75) is 30.8 Å². The van der Waals surface area contributed by atoms with Gasteiger partial charge in [-0.1, -0.05) is 12.1 Å². The van der Waals surface area contributed by atoms with Gasteiger partial charge in [-0.3, -0.25) is 0 Å². The van der Waals surface area contributed by atoms with Crippen LogP contribution in [0.3, 0.4) is 0 Å². The predicted octanol–water partition coefficient (Wildman–Crippen LogP) is 1.76. The van der Waals surface area contributed by atoms with Crippen LogP contribution in [0.1, 0.15) is 19.8 Å². The molecule has 0 bridgehead atoms. The van der Waals surface area contributed by atoms with E-state index < -0.39 is 21.8 Å². The molecule has 16 heavy (non-hydrogen) atoms. The van der Waals surface area contributed by atoms with Crippen LogP contribution in [0, 0.1) is 5.82 Å². The van der Waals surface area contributed by atoms with E-state index >= 15 is 0 Å². The van der Waals surface area contributed by atoms with Gasteiger partial charge in [0.25, 0.3) is 0 Å². The maximum absolute atomic E-state index is 13.2. The lowest BCUT2D eigenvalue weighted by Gasteiger charge is -2.06. The highest BCUT2D eigenvalue weighted by Gasteiger charge is 2.18. The summed E-state index contributed by atoms with van der Waals surface area (Å²) in [6, 6.07) is 5.32. The molecule has 0 radical (unpaired) electrons. The van der Waals surface area contributed by atoms with Gasteiger partial charge in [0.05, 0.1) is 11.9 Å². The van der Waals surface area contributed by atoms with Crippen molar-refractivity contribution in [2.24, 2.45) is 0 Å². The van der Waals surface area contributed by atoms with Gasteiger partial charge < -0.3 is 5.11 Å². The van der Waals surface area contributed by atoms with Crippen molar-refractivity contribution < 1.29 is 17.9 Å². The van der Waals surface area contributed by atoms with Crippen molar-refractivity contribution >= 4 is 9.84 Å². The lowest BCUT2D eigenvalue weighted by atomic mass is 10.2. The van der Waals surface area contributed by atoms with Crippen LogP contribution >= 0.6 is 0 Å². The highest BCUT2D eigenvalue weighted by Crippen LogP contribution is 2.16. The molecule has 1 aromatic carbocycles. The molecule has 1 N–H and O–H groups in total. The molecule has 0 heterocycles.